The number of alkyl halides is 3. The summed E-state index contributed by atoms with van der Waals surface area (Å²) in [4.78, 5) is 10.1. The van der Waals surface area contributed by atoms with E-state index in [2.05, 4.69) is 131 Å². The van der Waals surface area contributed by atoms with Gasteiger partial charge in [0.15, 0.2) is 0 Å². The molecule has 0 aliphatic heterocycles. The fourth-order valence-electron chi connectivity index (χ4n) is 9.13. The molecule has 0 aliphatic rings. The molecule has 0 bridgehead atoms. The maximum atomic E-state index is 13.6. The van der Waals surface area contributed by atoms with Gasteiger partial charge in [0.1, 0.15) is 5.75 Å². The van der Waals surface area contributed by atoms with Crippen molar-refractivity contribution in [3.63, 3.8) is 0 Å². The van der Waals surface area contributed by atoms with Crippen LogP contribution in [-0.2, 0) is 17.0 Å². The molecule has 68 heavy (non-hydrogen) atoms. The van der Waals surface area contributed by atoms with E-state index in [-0.39, 0.29) is 16.6 Å². The van der Waals surface area contributed by atoms with Gasteiger partial charge < -0.3 is 9.67 Å². The summed E-state index contributed by atoms with van der Waals surface area (Å²) >= 11 is 0. The second-order valence-corrected chi connectivity index (χ2v) is 19.6. The number of nitrogens with zero attached hydrogens (tertiary/aromatic N) is 3. The molecule has 0 saturated carbocycles. The van der Waals surface area contributed by atoms with Crippen LogP contribution in [0.4, 0.5) is 13.2 Å². The molecular formula is C61H50F3N3O. The van der Waals surface area contributed by atoms with Crippen LogP contribution in [0.2, 0.25) is 0 Å². The highest BCUT2D eigenvalue weighted by molar-refractivity contribution is 6.14. The van der Waals surface area contributed by atoms with Crippen molar-refractivity contribution in [1.29, 1.82) is 0 Å². The molecule has 7 heteroatoms. The molecule has 3 heterocycles. The molecule has 7 aromatic carbocycles. The average molecular weight is 898 g/mol. The monoisotopic (exact) mass is 897 g/mol. The molecule has 10 rings (SSSR count). The van der Waals surface area contributed by atoms with Crippen molar-refractivity contribution in [2.24, 2.45) is 0 Å². The van der Waals surface area contributed by atoms with Crippen molar-refractivity contribution in [2.75, 3.05) is 0 Å². The first-order chi connectivity index (χ1) is 32.5. The maximum absolute atomic E-state index is 13.6. The summed E-state index contributed by atoms with van der Waals surface area (Å²) in [6.45, 7) is 13.5. The Balaban J connectivity index is 1.08. The quantitative estimate of drug-likeness (QED) is 0.173. The summed E-state index contributed by atoms with van der Waals surface area (Å²) in [5, 5.41) is 13.3. The minimum Gasteiger partial charge on any atom is -0.507 e. The third-order valence-electron chi connectivity index (χ3n) is 12.9. The highest BCUT2D eigenvalue weighted by Crippen LogP contribution is 2.42. The van der Waals surface area contributed by atoms with E-state index in [0.29, 0.717) is 22.4 Å². The van der Waals surface area contributed by atoms with E-state index in [1.54, 1.807) is 12.1 Å². The summed E-state index contributed by atoms with van der Waals surface area (Å²) in [5.74, 6) is 0.165. The van der Waals surface area contributed by atoms with Gasteiger partial charge >= 0.3 is 6.18 Å². The third-order valence-corrected chi connectivity index (χ3v) is 12.9. The van der Waals surface area contributed by atoms with Crippen molar-refractivity contribution in [3.05, 3.63) is 205 Å². The topological polar surface area (TPSA) is 50.9 Å². The van der Waals surface area contributed by atoms with Crippen LogP contribution in [0, 0.1) is 0 Å². The van der Waals surface area contributed by atoms with Gasteiger partial charge in [-0.2, -0.15) is 13.2 Å². The predicted octanol–water partition coefficient (Wildman–Crippen LogP) is 16.9. The van der Waals surface area contributed by atoms with Gasteiger partial charge in [0.25, 0.3) is 0 Å². The van der Waals surface area contributed by atoms with Crippen LogP contribution in [0.3, 0.4) is 0 Å². The smallest absolute Gasteiger partial charge is 0.416 e. The Morgan fingerprint density at radius 3 is 1.72 bits per heavy atom. The first-order valence-electron chi connectivity index (χ1n) is 22.8. The van der Waals surface area contributed by atoms with E-state index in [1.165, 1.54) is 23.3 Å². The lowest BCUT2D eigenvalue weighted by Crippen LogP contribution is -2.16. The van der Waals surface area contributed by atoms with Gasteiger partial charge in [0.2, 0.25) is 0 Å². The number of hydrogen-bond donors (Lipinski definition) is 1. The van der Waals surface area contributed by atoms with Gasteiger partial charge in [-0.3, -0.25) is 4.98 Å². The van der Waals surface area contributed by atoms with Gasteiger partial charge in [-0.05, 0) is 123 Å². The zero-order valence-electron chi connectivity index (χ0n) is 38.8. The van der Waals surface area contributed by atoms with Crippen LogP contribution in [0.25, 0.3) is 94.6 Å². The number of para-hydroxylation sites is 3. The Morgan fingerprint density at radius 2 is 1.00 bits per heavy atom. The Labute approximate surface area is 395 Å². The fraction of sp³-hybridized carbons (Fsp3) is 0.148. The van der Waals surface area contributed by atoms with E-state index in [9.17, 15) is 18.3 Å². The van der Waals surface area contributed by atoms with Crippen molar-refractivity contribution >= 4 is 21.8 Å². The summed E-state index contributed by atoms with van der Waals surface area (Å²) in [5.41, 5.74) is 14.6. The van der Waals surface area contributed by atoms with Crippen molar-refractivity contribution in [2.45, 2.75) is 58.5 Å². The number of phenolic OH excluding ortho intramolecular Hbond substituents is 1. The normalized spacial score (nSPS) is 12.2. The van der Waals surface area contributed by atoms with E-state index < -0.39 is 11.7 Å². The highest BCUT2D eigenvalue weighted by atomic mass is 19.4. The van der Waals surface area contributed by atoms with Crippen molar-refractivity contribution < 1.29 is 18.3 Å². The molecule has 0 radical (unpaired) electrons. The molecule has 10 aromatic rings. The van der Waals surface area contributed by atoms with Gasteiger partial charge in [-0.1, -0.05) is 151 Å². The van der Waals surface area contributed by atoms with Crippen molar-refractivity contribution in [1.82, 2.24) is 14.5 Å². The Morgan fingerprint density at radius 1 is 0.426 bits per heavy atom. The predicted molar refractivity (Wildman–Crippen MR) is 273 cm³/mol. The number of phenols is 1. The molecule has 0 fully saturated rings. The zero-order chi connectivity index (χ0) is 47.5. The molecular weight excluding hydrogens is 848 g/mol. The number of halogens is 3. The standard InChI is InChI=1S/C61H50F3N3O/c1-59(2,3)46-32-43(33-47(37-46)60(4,5)6)44-35-54(66-55(36-44)52-19-8-10-23-57(52)68)42-16-11-15-41(30-42)53-34-40(28-29-65-53)49-20-13-21-51-50-18-7-9-22-56(50)67(58(49)51)48-26-24-38(25-27-48)39-14-12-17-45(31-39)61(62,63)64/h7-37,68H,1-6H3. The van der Waals surface area contributed by atoms with Crippen LogP contribution < -0.4 is 0 Å². The third kappa shape index (κ3) is 8.45. The number of benzene rings is 7. The summed E-state index contributed by atoms with van der Waals surface area (Å²) in [7, 11) is 0. The van der Waals surface area contributed by atoms with E-state index in [4.69, 9.17) is 9.97 Å². The summed E-state index contributed by atoms with van der Waals surface area (Å²) in [6, 6.07) is 58.7. The molecule has 0 atom stereocenters. The lowest BCUT2D eigenvalue weighted by Gasteiger charge is -2.26. The summed E-state index contributed by atoms with van der Waals surface area (Å²) in [6.07, 6.45) is -2.58. The van der Waals surface area contributed by atoms with Crippen LogP contribution in [0.5, 0.6) is 5.75 Å². The molecule has 4 nitrogen and oxygen atoms in total. The van der Waals surface area contributed by atoms with Gasteiger partial charge in [0, 0.05) is 44.9 Å². The first-order valence-corrected chi connectivity index (χ1v) is 22.8. The number of aromatic hydroxyl groups is 1. The van der Waals surface area contributed by atoms with Gasteiger partial charge in [0.05, 0.1) is 33.7 Å². The first kappa shape index (κ1) is 44.1. The highest BCUT2D eigenvalue weighted by Gasteiger charge is 2.30. The second-order valence-electron chi connectivity index (χ2n) is 19.6. The number of aromatic nitrogens is 3. The molecule has 336 valence electrons. The number of fused-ring (bicyclic) bond motifs is 3. The number of hydrogen-bond acceptors (Lipinski definition) is 3. The molecule has 0 aliphatic carbocycles. The molecule has 0 saturated heterocycles. The van der Waals surface area contributed by atoms with Crippen LogP contribution >= 0.6 is 0 Å². The fourth-order valence-corrected chi connectivity index (χ4v) is 9.13. The number of pyridine rings is 2. The van der Waals surface area contributed by atoms with Gasteiger partial charge in [-0.15, -0.1) is 0 Å². The average Bonchev–Trinajstić information content (AvgIpc) is 3.68. The van der Waals surface area contributed by atoms with Gasteiger partial charge in [-0.25, -0.2) is 4.98 Å². The SMILES string of the molecule is CC(C)(C)c1cc(-c2cc(-c3cccc(-c4cc(-c5cccc6c7ccccc7n(-c7ccc(-c8cccc(C(F)(F)F)c8)cc7)c56)ccn4)c3)nc(-c3ccccc3O)c2)cc(C(C)(C)C)c1. The minimum atomic E-state index is -4.43. The second kappa shape index (κ2) is 16.8. The number of rotatable bonds is 7. The summed E-state index contributed by atoms with van der Waals surface area (Å²) < 4.78 is 43.1. The largest absolute Gasteiger partial charge is 0.507 e. The Hall–Kier alpha value is -7.77. The minimum absolute atomic E-state index is 0.0749. The van der Waals surface area contributed by atoms with Crippen LogP contribution in [0.1, 0.15) is 58.2 Å². The zero-order valence-corrected chi connectivity index (χ0v) is 38.8. The molecule has 0 unspecified atom stereocenters. The lowest BCUT2D eigenvalue weighted by atomic mass is 9.79. The maximum Gasteiger partial charge on any atom is 0.416 e. The lowest BCUT2D eigenvalue weighted by molar-refractivity contribution is -0.137. The molecule has 0 amide bonds. The van der Waals surface area contributed by atoms with Crippen molar-refractivity contribution in [3.8, 4) is 78.6 Å². The Bertz CT molecular complexity index is 3500. The molecule has 3 aromatic heterocycles. The molecule has 1 N–H and O–H groups in total. The van der Waals surface area contributed by atoms with E-state index in [1.807, 2.05) is 72.9 Å². The molecule has 0 spiro atoms. The van der Waals surface area contributed by atoms with E-state index in [0.717, 1.165) is 78.3 Å². The van der Waals surface area contributed by atoms with E-state index >= 15 is 0 Å². The Kier molecular flexibility index (Phi) is 10.9. The van der Waals surface area contributed by atoms with Crippen LogP contribution in [-0.4, -0.2) is 19.6 Å². The van der Waals surface area contributed by atoms with Crippen LogP contribution in [0.15, 0.2) is 188 Å².